The van der Waals surface area contributed by atoms with Gasteiger partial charge in [0.1, 0.15) is 5.75 Å². The number of phenolic OH excluding ortho intramolecular Hbond substituents is 1. The standard InChI is InChI=1S/C13H20N2O/c1-9-4-5-11(16)12-10(6-7-15(2)3)8-14-13(9)12/h4-5,10,14,16H,6-8H2,1-3H3. The Hall–Kier alpha value is -1.22. The van der Waals surface area contributed by atoms with Crippen LogP contribution in [0.5, 0.6) is 5.75 Å². The predicted octanol–water partition coefficient (Wildman–Crippen LogP) is 2.16. The number of nitrogens with one attached hydrogen (secondary N) is 1. The molecule has 0 saturated heterocycles. The number of fused-ring (bicyclic) bond motifs is 1. The van der Waals surface area contributed by atoms with Crippen LogP contribution in [-0.4, -0.2) is 37.2 Å². The Morgan fingerprint density at radius 3 is 2.88 bits per heavy atom. The molecule has 1 unspecified atom stereocenters. The fourth-order valence-corrected chi connectivity index (χ4v) is 2.35. The first-order valence-electron chi connectivity index (χ1n) is 5.80. The molecule has 0 radical (unpaired) electrons. The van der Waals surface area contributed by atoms with Crippen molar-refractivity contribution in [3.05, 3.63) is 23.3 Å². The van der Waals surface area contributed by atoms with Gasteiger partial charge in [-0.25, -0.2) is 0 Å². The highest BCUT2D eigenvalue weighted by molar-refractivity contribution is 5.67. The number of phenols is 1. The van der Waals surface area contributed by atoms with Gasteiger partial charge >= 0.3 is 0 Å². The molecular weight excluding hydrogens is 200 g/mol. The molecule has 3 nitrogen and oxygen atoms in total. The summed E-state index contributed by atoms with van der Waals surface area (Å²) in [6, 6.07) is 3.78. The summed E-state index contributed by atoms with van der Waals surface area (Å²) in [6.45, 7) is 4.08. The maximum Gasteiger partial charge on any atom is 0.121 e. The number of rotatable bonds is 3. The Morgan fingerprint density at radius 1 is 1.44 bits per heavy atom. The zero-order valence-electron chi connectivity index (χ0n) is 10.2. The summed E-state index contributed by atoms with van der Waals surface area (Å²) in [4.78, 5) is 2.19. The third-order valence-electron chi connectivity index (χ3n) is 3.29. The second-order valence-electron chi connectivity index (χ2n) is 4.86. The molecule has 1 aromatic carbocycles. The number of nitrogens with zero attached hydrogens (tertiary/aromatic N) is 1. The maximum absolute atomic E-state index is 9.94. The highest BCUT2D eigenvalue weighted by Gasteiger charge is 2.26. The van der Waals surface area contributed by atoms with Gasteiger partial charge in [-0.05, 0) is 45.6 Å². The summed E-state index contributed by atoms with van der Waals surface area (Å²) < 4.78 is 0. The van der Waals surface area contributed by atoms with E-state index in [9.17, 15) is 5.11 Å². The Morgan fingerprint density at radius 2 is 2.19 bits per heavy atom. The van der Waals surface area contributed by atoms with Crippen molar-refractivity contribution in [2.45, 2.75) is 19.3 Å². The van der Waals surface area contributed by atoms with E-state index in [2.05, 4.69) is 31.2 Å². The number of anilines is 1. The molecule has 0 aromatic heterocycles. The molecule has 2 rings (SSSR count). The minimum Gasteiger partial charge on any atom is -0.508 e. The fourth-order valence-electron chi connectivity index (χ4n) is 2.35. The van der Waals surface area contributed by atoms with E-state index in [1.807, 2.05) is 12.1 Å². The number of aryl methyl sites for hydroxylation is 1. The summed E-state index contributed by atoms with van der Waals surface area (Å²) in [6.07, 6.45) is 1.09. The van der Waals surface area contributed by atoms with E-state index in [4.69, 9.17) is 0 Å². The van der Waals surface area contributed by atoms with Gasteiger partial charge in [-0.3, -0.25) is 0 Å². The van der Waals surface area contributed by atoms with Crippen LogP contribution >= 0.6 is 0 Å². The minimum absolute atomic E-state index is 0.439. The highest BCUT2D eigenvalue weighted by atomic mass is 16.3. The van der Waals surface area contributed by atoms with E-state index >= 15 is 0 Å². The molecule has 16 heavy (non-hydrogen) atoms. The average molecular weight is 220 g/mol. The molecule has 0 aliphatic carbocycles. The largest absolute Gasteiger partial charge is 0.508 e. The molecular formula is C13H20N2O. The van der Waals surface area contributed by atoms with Gasteiger partial charge in [-0.15, -0.1) is 0 Å². The van der Waals surface area contributed by atoms with Gasteiger partial charge in [0.15, 0.2) is 0 Å². The third-order valence-corrected chi connectivity index (χ3v) is 3.29. The van der Waals surface area contributed by atoms with Crippen LogP contribution < -0.4 is 5.32 Å². The molecule has 0 fully saturated rings. The molecule has 88 valence electrons. The van der Waals surface area contributed by atoms with Gasteiger partial charge in [0.25, 0.3) is 0 Å². The number of hydrogen-bond acceptors (Lipinski definition) is 3. The van der Waals surface area contributed by atoms with E-state index in [0.29, 0.717) is 11.7 Å². The van der Waals surface area contributed by atoms with Crippen molar-refractivity contribution in [2.75, 3.05) is 32.5 Å². The van der Waals surface area contributed by atoms with Gasteiger partial charge in [-0.2, -0.15) is 0 Å². The van der Waals surface area contributed by atoms with E-state index in [1.165, 1.54) is 5.56 Å². The number of aromatic hydroxyl groups is 1. The van der Waals surface area contributed by atoms with Crippen LogP contribution in [0.4, 0.5) is 5.69 Å². The Balaban J connectivity index is 2.22. The highest BCUT2D eigenvalue weighted by Crippen LogP contribution is 2.41. The normalized spacial score (nSPS) is 18.6. The Labute approximate surface area is 97.1 Å². The number of benzene rings is 1. The maximum atomic E-state index is 9.94. The van der Waals surface area contributed by atoms with Crippen LogP contribution in [0.1, 0.15) is 23.5 Å². The average Bonchev–Trinajstić information content (AvgIpc) is 2.65. The Kier molecular flexibility index (Phi) is 3.06. The summed E-state index contributed by atoms with van der Waals surface area (Å²) in [7, 11) is 4.17. The van der Waals surface area contributed by atoms with Crippen molar-refractivity contribution in [3.63, 3.8) is 0 Å². The summed E-state index contributed by atoms with van der Waals surface area (Å²) >= 11 is 0. The van der Waals surface area contributed by atoms with E-state index in [-0.39, 0.29) is 0 Å². The van der Waals surface area contributed by atoms with Crippen molar-refractivity contribution >= 4 is 5.69 Å². The number of hydrogen-bond donors (Lipinski definition) is 2. The molecule has 3 heteroatoms. The first-order valence-corrected chi connectivity index (χ1v) is 5.80. The molecule has 2 N–H and O–H groups in total. The Bertz CT molecular complexity index is 388. The summed E-state index contributed by atoms with van der Waals surface area (Å²) in [5.74, 6) is 0.881. The SMILES string of the molecule is Cc1ccc(O)c2c1NCC2CCN(C)C. The second-order valence-corrected chi connectivity index (χ2v) is 4.86. The molecule has 0 bridgehead atoms. The molecule has 1 heterocycles. The van der Waals surface area contributed by atoms with Gasteiger partial charge in [-0.1, -0.05) is 6.07 Å². The van der Waals surface area contributed by atoms with E-state index in [0.717, 1.165) is 30.8 Å². The lowest BCUT2D eigenvalue weighted by atomic mass is 9.95. The molecule has 1 atom stereocenters. The van der Waals surface area contributed by atoms with E-state index in [1.54, 1.807) is 0 Å². The summed E-state index contributed by atoms with van der Waals surface area (Å²) in [5.41, 5.74) is 3.48. The van der Waals surface area contributed by atoms with Crippen molar-refractivity contribution in [2.24, 2.45) is 0 Å². The molecule has 0 amide bonds. The van der Waals surface area contributed by atoms with Crippen LogP contribution in [0.2, 0.25) is 0 Å². The van der Waals surface area contributed by atoms with Crippen LogP contribution in [0.15, 0.2) is 12.1 Å². The van der Waals surface area contributed by atoms with Crippen LogP contribution in [0, 0.1) is 6.92 Å². The van der Waals surface area contributed by atoms with Crippen LogP contribution in [-0.2, 0) is 0 Å². The monoisotopic (exact) mass is 220 g/mol. The minimum atomic E-state index is 0.439. The van der Waals surface area contributed by atoms with Gasteiger partial charge in [0, 0.05) is 23.7 Å². The summed E-state index contributed by atoms with van der Waals surface area (Å²) in [5, 5.41) is 13.3. The molecule has 1 aromatic rings. The van der Waals surface area contributed by atoms with Gasteiger partial charge < -0.3 is 15.3 Å². The fraction of sp³-hybridized carbons (Fsp3) is 0.538. The quantitative estimate of drug-likeness (QED) is 0.819. The molecule has 1 aliphatic heterocycles. The zero-order valence-corrected chi connectivity index (χ0v) is 10.2. The molecule has 1 aliphatic rings. The second kappa shape index (κ2) is 4.34. The smallest absolute Gasteiger partial charge is 0.121 e. The van der Waals surface area contributed by atoms with Crippen molar-refractivity contribution in [1.82, 2.24) is 4.90 Å². The first kappa shape index (κ1) is 11.3. The third kappa shape index (κ3) is 2.00. The predicted molar refractivity (Wildman–Crippen MR) is 67.2 cm³/mol. The van der Waals surface area contributed by atoms with E-state index < -0.39 is 0 Å². The molecule has 0 spiro atoms. The lowest BCUT2D eigenvalue weighted by Gasteiger charge is -2.15. The topological polar surface area (TPSA) is 35.5 Å². The van der Waals surface area contributed by atoms with Crippen molar-refractivity contribution in [3.8, 4) is 5.75 Å². The lowest BCUT2D eigenvalue weighted by molar-refractivity contribution is 0.382. The van der Waals surface area contributed by atoms with Crippen molar-refractivity contribution < 1.29 is 5.11 Å². The van der Waals surface area contributed by atoms with Crippen molar-refractivity contribution in [1.29, 1.82) is 0 Å². The van der Waals surface area contributed by atoms with Crippen LogP contribution in [0.3, 0.4) is 0 Å². The van der Waals surface area contributed by atoms with Crippen LogP contribution in [0.25, 0.3) is 0 Å². The lowest BCUT2D eigenvalue weighted by Crippen LogP contribution is -2.16. The molecule has 0 saturated carbocycles. The van der Waals surface area contributed by atoms with Gasteiger partial charge in [0.2, 0.25) is 0 Å². The van der Waals surface area contributed by atoms with Gasteiger partial charge in [0.05, 0.1) is 0 Å². The zero-order chi connectivity index (χ0) is 11.7. The first-order chi connectivity index (χ1) is 7.59.